The molecule has 31 heavy (non-hydrogen) atoms. The van der Waals surface area contributed by atoms with E-state index in [0.29, 0.717) is 37.6 Å². The molecular formula is C27H28O4. The van der Waals surface area contributed by atoms with Crippen molar-refractivity contribution in [1.29, 1.82) is 0 Å². The molecule has 0 saturated heterocycles. The van der Waals surface area contributed by atoms with Gasteiger partial charge in [-0.15, -0.1) is 0 Å². The molecule has 1 aliphatic rings. The first-order valence-electron chi connectivity index (χ1n) is 10.9. The predicted octanol–water partition coefficient (Wildman–Crippen LogP) is 6.13. The minimum atomic E-state index is -0.934. The summed E-state index contributed by atoms with van der Waals surface area (Å²) in [5.74, 6) is 0.354. The molecule has 4 nitrogen and oxygen atoms in total. The summed E-state index contributed by atoms with van der Waals surface area (Å²) in [5, 5.41) is 10.3. The number of hydrogen-bond donors (Lipinski definition) is 1. The van der Waals surface area contributed by atoms with Crippen LogP contribution in [-0.4, -0.2) is 11.1 Å². The van der Waals surface area contributed by atoms with Crippen molar-refractivity contribution in [3.8, 4) is 11.5 Å². The van der Waals surface area contributed by atoms with Crippen molar-refractivity contribution in [3.05, 3.63) is 95.6 Å². The fourth-order valence-electron chi connectivity index (χ4n) is 4.37. The Morgan fingerprint density at radius 1 is 0.742 bits per heavy atom. The van der Waals surface area contributed by atoms with Gasteiger partial charge < -0.3 is 14.6 Å². The van der Waals surface area contributed by atoms with E-state index in [-0.39, 0.29) is 0 Å². The highest BCUT2D eigenvalue weighted by molar-refractivity contribution is 5.83. The Hall–Kier alpha value is -3.27. The van der Waals surface area contributed by atoms with Gasteiger partial charge in [-0.3, -0.25) is 4.79 Å². The van der Waals surface area contributed by atoms with Gasteiger partial charge in [0.2, 0.25) is 0 Å². The standard InChI is InChI=1S/C27H28O4/c28-26(29)27(17-8-3-9-18-27)23-15-10-16-24(30-19-21-11-4-1-5-12-21)25(23)31-20-22-13-6-2-7-14-22/h1-2,4-7,10-16H,3,8-9,17-20H2,(H,28,29). The van der Waals surface area contributed by atoms with Gasteiger partial charge in [0.25, 0.3) is 0 Å². The van der Waals surface area contributed by atoms with Crippen LogP contribution in [0.1, 0.15) is 48.8 Å². The Morgan fingerprint density at radius 3 is 1.90 bits per heavy atom. The van der Waals surface area contributed by atoms with Gasteiger partial charge in [-0.25, -0.2) is 0 Å². The zero-order valence-electron chi connectivity index (χ0n) is 17.6. The number of carbonyl (C=O) groups is 1. The van der Waals surface area contributed by atoms with E-state index in [0.717, 1.165) is 36.0 Å². The van der Waals surface area contributed by atoms with Crippen LogP contribution >= 0.6 is 0 Å². The lowest BCUT2D eigenvalue weighted by atomic mass is 9.69. The molecule has 1 aliphatic carbocycles. The molecular weight excluding hydrogens is 388 g/mol. The lowest BCUT2D eigenvalue weighted by Gasteiger charge is -2.35. The summed E-state index contributed by atoms with van der Waals surface area (Å²) >= 11 is 0. The number of hydrogen-bond acceptors (Lipinski definition) is 3. The van der Waals surface area contributed by atoms with Gasteiger partial charge in [0, 0.05) is 5.56 Å². The van der Waals surface area contributed by atoms with Crippen molar-refractivity contribution in [1.82, 2.24) is 0 Å². The second kappa shape index (κ2) is 9.69. The summed E-state index contributed by atoms with van der Waals surface area (Å²) in [4.78, 5) is 12.5. The SMILES string of the molecule is O=C(O)C1(c2cccc(OCc3ccccc3)c2OCc2ccccc2)CCCCC1. The van der Waals surface area contributed by atoms with Crippen LogP contribution < -0.4 is 9.47 Å². The van der Waals surface area contributed by atoms with E-state index < -0.39 is 11.4 Å². The van der Waals surface area contributed by atoms with Crippen molar-refractivity contribution in [2.45, 2.75) is 50.7 Å². The highest BCUT2D eigenvalue weighted by atomic mass is 16.5. The van der Waals surface area contributed by atoms with E-state index in [9.17, 15) is 9.90 Å². The summed E-state index contributed by atoms with van der Waals surface area (Å²) in [5.41, 5.74) is 1.86. The number of carboxylic acid groups (broad SMARTS) is 1. The third-order valence-corrected chi connectivity index (χ3v) is 6.07. The van der Waals surface area contributed by atoms with Crippen molar-refractivity contribution in [3.63, 3.8) is 0 Å². The molecule has 1 N–H and O–H groups in total. The molecule has 0 atom stereocenters. The Bertz CT molecular complexity index is 992. The third kappa shape index (κ3) is 4.74. The molecule has 0 radical (unpaired) electrons. The van der Waals surface area contributed by atoms with E-state index >= 15 is 0 Å². The highest BCUT2D eigenvalue weighted by Crippen LogP contribution is 2.47. The van der Waals surface area contributed by atoms with Crippen molar-refractivity contribution < 1.29 is 19.4 Å². The maximum Gasteiger partial charge on any atom is 0.314 e. The fourth-order valence-corrected chi connectivity index (χ4v) is 4.37. The molecule has 3 aromatic rings. The van der Waals surface area contributed by atoms with E-state index in [2.05, 4.69) is 0 Å². The number of benzene rings is 3. The normalized spacial score (nSPS) is 15.2. The van der Waals surface area contributed by atoms with Crippen LogP contribution in [0.3, 0.4) is 0 Å². The monoisotopic (exact) mass is 416 g/mol. The molecule has 0 unspecified atom stereocenters. The average molecular weight is 417 g/mol. The van der Waals surface area contributed by atoms with Crippen molar-refractivity contribution in [2.75, 3.05) is 0 Å². The summed E-state index contributed by atoms with van der Waals surface area (Å²) in [6.07, 6.45) is 4.11. The molecule has 0 bridgehead atoms. The molecule has 1 fully saturated rings. The van der Waals surface area contributed by atoms with Crippen LogP contribution in [-0.2, 0) is 23.4 Å². The lowest BCUT2D eigenvalue weighted by Crippen LogP contribution is -2.38. The average Bonchev–Trinajstić information content (AvgIpc) is 2.83. The summed E-state index contributed by atoms with van der Waals surface area (Å²) < 4.78 is 12.4. The summed E-state index contributed by atoms with van der Waals surface area (Å²) in [7, 11) is 0. The zero-order valence-corrected chi connectivity index (χ0v) is 17.6. The van der Waals surface area contributed by atoms with E-state index in [1.165, 1.54) is 0 Å². The number of ether oxygens (including phenoxy) is 2. The van der Waals surface area contributed by atoms with E-state index in [4.69, 9.17) is 9.47 Å². The van der Waals surface area contributed by atoms with Gasteiger partial charge in [0.1, 0.15) is 13.2 Å². The minimum absolute atomic E-state index is 0.356. The van der Waals surface area contributed by atoms with Crippen LogP contribution in [0.25, 0.3) is 0 Å². The van der Waals surface area contributed by atoms with Crippen LogP contribution in [0, 0.1) is 0 Å². The quantitative estimate of drug-likeness (QED) is 0.480. The van der Waals surface area contributed by atoms with E-state index in [1.807, 2.05) is 78.9 Å². The number of rotatable bonds is 8. The molecule has 160 valence electrons. The van der Waals surface area contributed by atoms with Crippen LogP contribution in [0.2, 0.25) is 0 Å². The third-order valence-electron chi connectivity index (χ3n) is 6.07. The van der Waals surface area contributed by atoms with Gasteiger partial charge in [0.05, 0.1) is 5.41 Å². The zero-order chi connectivity index (χ0) is 21.5. The lowest BCUT2D eigenvalue weighted by molar-refractivity contribution is -0.145. The Morgan fingerprint density at radius 2 is 1.32 bits per heavy atom. The first kappa shape index (κ1) is 21.0. The van der Waals surface area contributed by atoms with Crippen molar-refractivity contribution >= 4 is 5.97 Å². The molecule has 0 aliphatic heterocycles. The summed E-state index contributed by atoms with van der Waals surface area (Å²) in [6, 6.07) is 25.5. The molecule has 3 aromatic carbocycles. The minimum Gasteiger partial charge on any atom is -0.485 e. The molecule has 0 amide bonds. The maximum absolute atomic E-state index is 12.5. The predicted molar refractivity (Wildman–Crippen MR) is 120 cm³/mol. The Labute approximate surface area is 183 Å². The Balaban J connectivity index is 1.69. The number of para-hydroxylation sites is 1. The van der Waals surface area contributed by atoms with Gasteiger partial charge in [-0.2, -0.15) is 0 Å². The first-order chi connectivity index (χ1) is 15.2. The fraction of sp³-hybridized carbons (Fsp3) is 0.296. The molecule has 0 heterocycles. The van der Waals surface area contributed by atoms with Gasteiger partial charge >= 0.3 is 5.97 Å². The molecule has 0 aromatic heterocycles. The first-order valence-corrected chi connectivity index (χ1v) is 10.9. The molecule has 4 rings (SSSR count). The van der Waals surface area contributed by atoms with Crippen LogP contribution in [0.4, 0.5) is 0 Å². The number of aliphatic carboxylic acids is 1. The largest absolute Gasteiger partial charge is 0.485 e. The molecule has 4 heteroatoms. The smallest absolute Gasteiger partial charge is 0.314 e. The van der Waals surface area contributed by atoms with Gasteiger partial charge in [0.15, 0.2) is 11.5 Å². The molecule has 1 saturated carbocycles. The number of carboxylic acids is 1. The van der Waals surface area contributed by atoms with Crippen molar-refractivity contribution in [2.24, 2.45) is 0 Å². The molecule has 0 spiro atoms. The highest BCUT2D eigenvalue weighted by Gasteiger charge is 2.44. The van der Waals surface area contributed by atoms with Crippen LogP contribution in [0.15, 0.2) is 78.9 Å². The Kier molecular flexibility index (Phi) is 6.56. The topological polar surface area (TPSA) is 55.8 Å². The maximum atomic E-state index is 12.5. The van der Waals surface area contributed by atoms with Gasteiger partial charge in [-0.05, 0) is 30.0 Å². The second-order valence-electron chi connectivity index (χ2n) is 8.13. The second-order valence-corrected chi connectivity index (χ2v) is 8.13. The summed E-state index contributed by atoms with van der Waals surface area (Å²) in [6.45, 7) is 0.751. The van der Waals surface area contributed by atoms with E-state index in [1.54, 1.807) is 0 Å². The van der Waals surface area contributed by atoms with Gasteiger partial charge in [-0.1, -0.05) is 92.1 Å². The van der Waals surface area contributed by atoms with Crippen LogP contribution in [0.5, 0.6) is 11.5 Å².